The van der Waals surface area contributed by atoms with E-state index < -0.39 is 35.0 Å². The van der Waals surface area contributed by atoms with Gasteiger partial charge in [-0.1, -0.05) is 12.1 Å². The van der Waals surface area contributed by atoms with E-state index in [2.05, 4.69) is 15.3 Å². The summed E-state index contributed by atoms with van der Waals surface area (Å²) in [6.45, 7) is 0. The zero-order valence-corrected chi connectivity index (χ0v) is 16.0. The lowest BCUT2D eigenvalue weighted by Gasteiger charge is -2.12. The number of aromatic nitrogens is 2. The topological polar surface area (TPSA) is 57.8 Å². The Morgan fingerprint density at radius 3 is 2.19 bits per heavy atom. The molecular weight excluding hydrogens is 436 g/mol. The van der Waals surface area contributed by atoms with Crippen molar-refractivity contribution >= 4 is 22.6 Å². The Kier molecular flexibility index (Phi) is 5.15. The molecule has 1 amide bonds. The maximum Gasteiger partial charge on any atom is 0.417 e. The van der Waals surface area contributed by atoms with Crippen LogP contribution in [0.5, 0.6) is 0 Å². The minimum atomic E-state index is -4.68. The van der Waals surface area contributed by atoms with Gasteiger partial charge in [0, 0.05) is 11.3 Å². The van der Waals surface area contributed by atoms with Gasteiger partial charge in [0.05, 0.1) is 27.7 Å². The molecule has 0 aliphatic carbocycles. The van der Waals surface area contributed by atoms with Crippen LogP contribution in [0.2, 0.25) is 0 Å². The summed E-state index contributed by atoms with van der Waals surface area (Å²) < 4.78 is 78.0. The Morgan fingerprint density at radius 2 is 1.53 bits per heavy atom. The minimum absolute atomic E-state index is 0.205. The fourth-order valence-electron chi connectivity index (χ4n) is 3.16. The summed E-state index contributed by atoms with van der Waals surface area (Å²) in [6, 6.07) is 13.6. The van der Waals surface area contributed by atoms with Crippen LogP contribution in [0.1, 0.15) is 21.5 Å². The highest BCUT2D eigenvalue weighted by Gasteiger charge is 2.35. The average molecular weight is 449 g/mol. The van der Waals surface area contributed by atoms with E-state index >= 15 is 0 Å². The van der Waals surface area contributed by atoms with Gasteiger partial charge in [-0.2, -0.15) is 26.3 Å². The molecule has 0 aliphatic heterocycles. The van der Waals surface area contributed by atoms with Crippen LogP contribution in [0.4, 0.5) is 32.0 Å². The largest absolute Gasteiger partial charge is 0.417 e. The standard InChI is InChI=1S/C22H13F6N3O/c23-21(24,25)13-7-10-17-18(11-13)31-19(30-17)12-5-8-14(9-6-12)29-20(32)15-3-1-2-4-16(15)22(26,27)28/h1-11H,(H,29,32)(H,30,31). The van der Waals surface area contributed by atoms with Crippen molar-refractivity contribution in [2.24, 2.45) is 0 Å². The first-order valence-electron chi connectivity index (χ1n) is 9.17. The second-order valence-corrected chi connectivity index (χ2v) is 6.89. The molecule has 4 rings (SSSR count). The molecule has 0 atom stereocenters. The van der Waals surface area contributed by atoms with Gasteiger partial charge in [0.2, 0.25) is 0 Å². The summed E-state index contributed by atoms with van der Waals surface area (Å²) in [6.07, 6.45) is -9.16. The number of aromatic amines is 1. The highest BCUT2D eigenvalue weighted by Crippen LogP contribution is 2.33. The quantitative estimate of drug-likeness (QED) is 0.350. The van der Waals surface area contributed by atoms with Gasteiger partial charge in [-0.15, -0.1) is 0 Å². The van der Waals surface area contributed by atoms with Crippen LogP contribution < -0.4 is 5.32 Å². The number of alkyl halides is 6. The molecule has 0 saturated carbocycles. The van der Waals surface area contributed by atoms with Gasteiger partial charge in [0.1, 0.15) is 5.82 Å². The van der Waals surface area contributed by atoms with E-state index in [1.807, 2.05) is 0 Å². The molecule has 0 aliphatic rings. The van der Waals surface area contributed by atoms with E-state index in [1.54, 1.807) is 0 Å². The van der Waals surface area contributed by atoms with Crippen LogP contribution >= 0.6 is 0 Å². The Morgan fingerprint density at radius 1 is 0.844 bits per heavy atom. The number of halogens is 6. The molecule has 0 unspecified atom stereocenters. The number of hydrogen-bond acceptors (Lipinski definition) is 2. The average Bonchev–Trinajstić information content (AvgIpc) is 3.16. The van der Waals surface area contributed by atoms with Gasteiger partial charge in [-0.3, -0.25) is 4.79 Å². The molecule has 1 aromatic heterocycles. The number of fused-ring (bicyclic) bond motifs is 1. The number of benzene rings is 3. The normalized spacial score (nSPS) is 12.2. The van der Waals surface area contributed by atoms with Gasteiger partial charge in [-0.05, 0) is 54.6 Å². The van der Waals surface area contributed by atoms with Crippen molar-refractivity contribution < 1.29 is 31.1 Å². The summed E-state index contributed by atoms with van der Waals surface area (Å²) in [5, 5.41) is 2.41. The van der Waals surface area contributed by atoms with Crippen LogP contribution in [0.25, 0.3) is 22.4 Å². The molecule has 0 bridgehead atoms. The van der Waals surface area contributed by atoms with Gasteiger partial charge in [0.25, 0.3) is 5.91 Å². The highest BCUT2D eigenvalue weighted by molar-refractivity contribution is 6.05. The summed E-state index contributed by atoms with van der Waals surface area (Å²) in [5.74, 6) is -0.617. The number of imidazole rings is 1. The summed E-state index contributed by atoms with van der Waals surface area (Å²) in [7, 11) is 0. The summed E-state index contributed by atoms with van der Waals surface area (Å²) in [4.78, 5) is 19.4. The maximum absolute atomic E-state index is 13.1. The van der Waals surface area contributed by atoms with E-state index in [1.165, 1.54) is 42.5 Å². The number of amides is 1. The molecule has 10 heteroatoms. The van der Waals surface area contributed by atoms with Crippen LogP contribution in [0.15, 0.2) is 66.7 Å². The Bertz CT molecular complexity index is 1290. The summed E-state index contributed by atoms with van der Waals surface area (Å²) >= 11 is 0. The Hall–Kier alpha value is -3.82. The van der Waals surface area contributed by atoms with E-state index in [0.717, 1.165) is 24.3 Å². The van der Waals surface area contributed by atoms with Crippen molar-refractivity contribution in [2.45, 2.75) is 12.4 Å². The van der Waals surface area contributed by atoms with Crippen LogP contribution in [-0.4, -0.2) is 15.9 Å². The first kappa shape index (κ1) is 21.4. The lowest BCUT2D eigenvalue weighted by molar-refractivity contribution is -0.138. The Labute approximate surface area is 176 Å². The predicted molar refractivity (Wildman–Crippen MR) is 106 cm³/mol. The van der Waals surface area contributed by atoms with Crippen molar-refractivity contribution in [3.8, 4) is 11.4 Å². The lowest BCUT2D eigenvalue weighted by Crippen LogP contribution is -2.18. The zero-order valence-electron chi connectivity index (χ0n) is 16.0. The molecule has 3 aromatic carbocycles. The summed E-state index contributed by atoms with van der Waals surface area (Å²) in [5.41, 5.74) is -1.06. The van der Waals surface area contributed by atoms with E-state index in [-0.39, 0.29) is 11.2 Å². The highest BCUT2D eigenvalue weighted by atomic mass is 19.4. The van der Waals surface area contributed by atoms with Crippen molar-refractivity contribution in [3.05, 3.63) is 83.4 Å². The number of H-pyrrole nitrogens is 1. The van der Waals surface area contributed by atoms with Gasteiger partial charge in [0.15, 0.2) is 0 Å². The first-order valence-corrected chi connectivity index (χ1v) is 9.17. The monoisotopic (exact) mass is 449 g/mol. The molecule has 0 spiro atoms. The zero-order chi connectivity index (χ0) is 23.1. The number of nitrogens with zero attached hydrogens (tertiary/aromatic N) is 1. The third-order valence-electron chi connectivity index (χ3n) is 4.70. The van der Waals surface area contributed by atoms with Gasteiger partial charge >= 0.3 is 12.4 Å². The second-order valence-electron chi connectivity index (χ2n) is 6.89. The second kappa shape index (κ2) is 7.70. The predicted octanol–water partition coefficient (Wildman–Crippen LogP) is 6.52. The van der Waals surface area contributed by atoms with Gasteiger partial charge in [-0.25, -0.2) is 4.98 Å². The number of carbonyl (C=O) groups is 1. The number of anilines is 1. The van der Waals surface area contributed by atoms with Crippen molar-refractivity contribution in [2.75, 3.05) is 5.32 Å². The number of nitrogens with one attached hydrogen (secondary N) is 2. The molecule has 2 N–H and O–H groups in total. The SMILES string of the molecule is O=C(Nc1ccc(-c2nc3ccc(C(F)(F)F)cc3[nH]2)cc1)c1ccccc1C(F)(F)F. The van der Waals surface area contributed by atoms with Crippen LogP contribution in [0, 0.1) is 0 Å². The third-order valence-corrected chi connectivity index (χ3v) is 4.70. The smallest absolute Gasteiger partial charge is 0.338 e. The molecule has 4 aromatic rings. The number of rotatable bonds is 3. The van der Waals surface area contributed by atoms with E-state index in [4.69, 9.17) is 0 Å². The molecule has 0 saturated heterocycles. The fraction of sp³-hybridized carbons (Fsp3) is 0.0909. The maximum atomic E-state index is 13.1. The molecule has 32 heavy (non-hydrogen) atoms. The third kappa shape index (κ3) is 4.29. The van der Waals surface area contributed by atoms with E-state index in [9.17, 15) is 31.1 Å². The van der Waals surface area contributed by atoms with E-state index in [0.29, 0.717) is 16.9 Å². The van der Waals surface area contributed by atoms with Crippen molar-refractivity contribution in [1.82, 2.24) is 9.97 Å². The minimum Gasteiger partial charge on any atom is -0.338 e. The number of hydrogen-bond donors (Lipinski definition) is 2. The molecule has 164 valence electrons. The lowest BCUT2D eigenvalue weighted by atomic mass is 10.1. The fourth-order valence-corrected chi connectivity index (χ4v) is 3.16. The number of carbonyl (C=O) groups excluding carboxylic acids is 1. The van der Waals surface area contributed by atoms with Crippen molar-refractivity contribution in [1.29, 1.82) is 0 Å². The van der Waals surface area contributed by atoms with Gasteiger partial charge < -0.3 is 10.3 Å². The molecular formula is C22H13F6N3O. The van der Waals surface area contributed by atoms with Crippen LogP contribution in [0.3, 0.4) is 0 Å². The van der Waals surface area contributed by atoms with Crippen LogP contribution in [-0.2, 0) is 12.4 Å². The molecule has 4 nitrogen and oxygen atoms in total. The Balaban J connectivity index is 1.56. The molecule has 0 radical (unpaired) electrons. The van der Waals surface area contributed by atoms with Crippen molar-refractivity contribution in [3.63, 3.8) is 0 Å². The molecule has 1 heterocycles. The first-order chi connectivity index (χ1) is 15.0. The molecule has 0 fully saturated rings.